The molecule has 3 fully saturated rings. The molecule has 0 unspecified atom stereocenters. The lowest BCUT2D eigenvalue weighted by Crippen LogP contribution is -2.69. The van der Waals surface area contributed by atoms with Crippen LogP contribution in [0.5, 0.6) is 0 Å². The number of nitrogens with one attached hydrogen (secondary N) is 4. The molecule has 1 atom stereocenters. The lowest BCUT2D eigenvalue weighted by atomic mass is 9.49. The number of nitriles is 2. The van der Waals surface area contributed by atoms with Crippen LogP contribution < -0.4 is 21.6 Å². The Balaban J connectivity index is 1.40. The molecular formula is C30H32N8. The Kier molecular flexibility index (Phi) is 5.66. The number of nitrogens with zero attached hydrogens (tertiary/aromatic N) is 4. The van der Waals surface area contributed by atoms with Crippen molar-refractivity contribution in [1.82, 2.24) is 21.0 Å². The number of pyridine rings is 1. The fraction of sp³-hybridized carbons (Fsp3) is 0.367. The first-order chi connectivity index (χ1) is 18.3. The third kappa shape index (κ3) is 4.17. The number of anilines is 2. The van der Waals surface area contributed by atoms with E-state index in [-0.39, 0.29) is 17.0 Å². The third-order valence-corrected chi connectivity index (χ3v) is 7.87. The summed E-state index contributed by atoms with van der Waals surface area (Å²) in [7, 11) is 0. The molecule has 7 rings (SSSR count). The van der Waals surface area contributed by atoms with E-state index in [0.29, 0.717) is 28.9 Å². The van der Waals surface area contributed by atoms with Gasteiger partial charge in [0, 0.05) is 30.0 Å². The van der Waals surface area contributed by atoms with Crippen molar-refractivity contribution in [2.75, 3.05) is 17.2 Å². The maximum absolute atomic E-state index is 10.0. The molecule has 38 heavy (non-hydrogen) atoms. The normalized spacial score (nSPS) is 22.3. The Hall–Kier alpha value is -4.27. The van der Waals surface area contributed by atoms with Crippen LogP contribution in [0.3, 0.4) is 0 Å². The molecule has 4 N–H and O–H groups in total. The summed E-state index contributed by atoms with van der Waals surface area (Å²) in [6.07, 6.45) is 7.45. The zero-order chi connectivity index (χ0) is 26.5. The van der Waals surface area contributed by atoms with Gasteiger partial charge in [-0.25, -0.2) is 0 Å². The van der Waals surface area contributed by atoms with Crippen LogP contribution >= 0.6 is 0 Å². The second-order valence-electron chi connectivity index (χ2n) is 12.0. The van der Waals surface area contributed by atoms with Gasteiger partial charge < -0.3 is 16.1 Å². The van der Waals surface area contributed by atoms with Crippen molar-refractivity contribution >= 4 is 22.3 Å². The van der Waals surface area contributed by atoms with E-state index < -0.39 is 0 Å². The SMILES string of the molecule is CC(C)(C)CNc1c(C#N)cnc2c(C#N)cc(N[C@H](C3=CN(C45CC(C4)C5)NN3)c3ccccc3)cc12. The van der Waals surface area contributed by atoms with Gasteiger partial charge in [0.2, 0.25) is 0 Å². The molecule has 3 aromatic rings. The molecule has 8 nitrogen and oxygen atoms in total. The number of aromatic nitrogens is 1. The Bertz CT molecular complexity index is 1490. The average molecular weight is 505 g/mol. The lowest BCUT2D eigenvalue weighted by molar-refractivity contribution is -0.141. The Morgan fingerprint density at radius 1 is 1.11 bits per heavy atom. The molecule has 3 saturated carbocycles. The average Bonchev–Trinajstić information content (AvgIpc) is 3.32. The summed E-state index contributed by atoms with van der Waals surface area (Å²) in [4.78, 5) is 4.49. The van der Waals surface area contributed by atoms with Crippen LogP contribution in [-0.2, 0) is 0 Å². The topological polar surface area (TPSA) is 112 Å². The highest BCUT2D eigenvalue weighted by Crippen LogP contribution is 2.60. The first-order valence-electron chi connectivity index (χ1n) is 13.1. The van der Waals surface area contributed by atoms with Gasteiger partial charge in [-0.05, 0) is 48.3 Å². The minimum atomic E-state index is -0.178. The molecule has 2 aromatic carbocycles. The molecule has 2 bridgehead atoms. The molecule has 0 saturated heterocycles. The Morgan fingerprint density at radius 3 is 2.47 bits per heavy atom. The maximum Gasteiger partial charge on any atom is 0.103 e. The fourth-order valence-electron chi connectivity index (χ4n) is 5.71. The van der Waals surface area contributed by atoms with Crippen LogP contribution in [0, 0.1) is 34.0 Å². The predicted octanol–water partition coefficient (Wildman–Crippen LogP) is 5.31. The monoisotopic (exact) mass is 504 g/mol. The fourth-order valence-corrected chi connectivity index (χ4v) is 5.71. The molecule has 192 valence electrons. The van der Waals surface area contributed by atoms with Crippen LogP contribution in [-0.4, -0.2) is 22.1 Å². The van der Waals surface area contributed by atoms with Crippen LogP contribution in [0.15, 0.2) is 60.6 Å². The molecule has 1 aliphatic heterocycles. The summed E-state index contributed by atoms with van der Waals surface area (Å²) >= 11 is 0. The number of fused-ring (bicyclic) bond motifs is 1. The second-order valence-corrected chi connectivity index (χ2v) is 12.0. The van der Waals surface area contributed by atoms with E-state index in [2.05, 4.69) is 82.8 Å². The zero-order valence-electron chi connectivity index (χ0n) is 22.0. The molecule has 4 aliphatic rings. The predicted molar refractivity (Wildman–Crippen MR) is 148 cm³/mol. The zero-order valence-corrected chi connectivity index (χ0v) is 22.0. The van der Waals surface area contributed by atoms with Gasteiger partial charge in [-0.2, -0.15) is 10.5 Å². The summed E-state index contributed by atoms with van der Waals surface area (Å²) < 4.78 is 0. The largest absolute Gasteiger partial charge is 0.383 e. The third-order valence-electron chi connectivity index (χ3n) is 7.87. The lowest BCUT2D eigenvalue weighted by Gasteiger charge is -2.64. The van der Waals surface area contributed by atoms with E-state index in [4.69, 9.17) is 0 Å². The molecule has 0 amide bonds. The summed E-state index contributed by atoms with van der Waals surface area (Å²) in [5, 5.41) is 30.0. The highest BCUT2D eigenvalue weighted by atomic mass is 15.7. The van der Waals surface area contributed by atoms with Crippen molar-refractivity contribution in [1.29, 1.82) is 10.5 Å². The van der Waals surface area contributed by atoms with Gasteiger partial charge in [0.15, 0.2) is 0 Å². The second kappa shape index (κ2) is 8.93. The van der Waals surface area contributed by atoms with Gasteiger partial charge in [0.05, 0.1) is 39.6 Å². The highest BCUT2D eigenvalue weighted by molar-refractivity contribution is 5.99. The number of rotatable bonds is 7. The van der Waals surface area contributed by atoms with Crippen LogP contribution in [0.25, 0.3) is 10.9 Å². The van der Waals surface area contributed by atoms with E-state index >= 15 is 0 Å². The molecule has 0 radical (unpaired) electrons. The van der Waals surface area contributed by atoms with Crippen LogP contribution in [0.2, 0.25) is 0 Å². The number of hydrazine groups is 2. The van der Waals surface area contributed by atoms with Crippen molar-refractivity contribution in [2.45, 2.75) is 51.6 Å². The van der Waals surface area contributed by atoms with E-state index in [0.717, 1.165) is 28.3 Å². The summed E-state index contributed by atoms with van der Waals surface area (Å²) in [6.45, 7) is 7.09. The molecule has 0 spiro atoms. The van der Waals surface area contributed by atoms with Crippen LogP contribution in [0.4, 0.5) is 11.4 Å². The summed E-state index contributed by atoms with van der Waals surface area (Å²) in [5.74, 6) is 0.882. The Labute approximate surface area is 223 Å². The molecule has 1 aromatic heterocycles. The summed E-state index contributed by atoms with van der Waals surface area (Å²) in [6, 6.07) is 18.5. The van der Waals surface area contributed by atoms with E-state index in [9.17, 15) is 10.5 Å². The molecule has 8 heteroatoms. The molecule has 2 heterocycles. The Morgan fingerprint density at radius 2 is 1.84 bits per heavy atom. The number of hydrogen-bond donors (Lipinski definition) is 4. The van der Waals surface area contributed by atoms with Gasteiger partial charge in [0.25, 0.3) is 0 Å². The standard InChI is InChI=1S/C30H32N8/c1-29(2,3)18-34-27-22(15-32)16-33-26-21(14-31)9-23(10-24(26)27)35-28(20-7-5-4-6-8-20)25-17-38(37-36-25)30-11-19(12-30)13-30/h4-10,16-17,19,28,35-37H,11-13,18H2,1-3H3,(H,33,34)/t19?,28-,30?/m0/s1. The van der Waals surface area contributed by atoms with Crippen LogP contribution in [0.1, 0.15) is 62.8 Å². The van der Waals surface area contributed by atoms with E-state index in [1.165, 1.54) is 19.3 Å². The van der Waals surface area contributed by atoms with E-state index in [1.54, 1.807) is 6.20 Å². The van der Waals surface area contributed by atoms with Crippen molar-refractivity contribution < 1.29 is 0 Å². The molecular weight excluding hydrogens is 472 g/mol. The van der Waals surface area contributed by atoms with Gasteiger partial charge in [-0.3, -0.25) is 9.99 Å². The first-order valence-corrected chi connectivity index (χ1v) is 13.1. The number of hydrogen-bond acceptors (Lipinski definition) is 8. The quantitative estimate of drug-likeness (QED) is 0.343. The number of benzene rings is 2. The van der Waals surface area contributed by atoms with Gasteiger partial charge >= 0.3 is 0 Å². The molecule has 3 aliphatic carbocycles. The van der Waals surface area contributed by atoms with E-state index in [1.807, 2.05) is 30.3 Å². The smallest absolute Gasteiger partial charge is 0.103 e. The van der Waals surface area contributed by atoms with Gasteiger partial charge in [-0.1, -0.05) is 51.1 Å². The summed E-state index contributed by atoms with van der Waals surface area (Å²) in [5.41, 5.74) is 12.1. The minimum Gasteiger partial charge on any atom is -0.383 e. The van der Waals surface area contributed by atoms with Crippen molar-refractivity contribution in [3.63, 3.8) is 0 Å². The van der Waals surface area contributed by atoms with Gasteiger partial charge in [-0.15, -0.1) is 5.53 Å². The van der Waals surface area contributed by atoms with Crippen molar-refractivity contribution in [2.24, 2.45) is 11.3 Å². The van der Waals surface area contributed by atoms with Crippen molar-refractivity contribution in [3.8, 4) is 12.1 Å². The maximum atomic E-state index is 10.0. The van der Waals surface area contributed by atoms with Crippen molar-refractivity contribution in [3.05, 3.63) is 77.2 Å². The van der Waals surface area contributed by atoms with Gasteiger partial charge in [0.1, 0.15) is 12.1 Å². The first kappa shape index (κ1) is 24.1. The minimum absolute atomic E-state index is 0.00846. The highest BCUT2D eigenvalue weighted by Gasteiger charge is 2.60.